The quantitative estimate of drug-likeness (QED) is 0.801. The van der Waals surface area contributed by atoms with E-state index in [0.717, 1.165) is 44.3 Å². The molecule has 0 bridgehead atoms. The van der Waals surface area contributed by atoms with Crippen LogP contribution < -0.4 is 5.32 Å². The molecule has 1 aliphatic heterocycles. The highest BCUT2D eigenvalue weighted by Gasteiger charge is 2.41. The van der Waals surface area contributed by atoms with Crippen molar-refractivity contribution in [3.63, 3.8) is 0 Å². The summed E-state index contributed by atoms with van der Waals surface area (Å²) in [7, 11) is 0. The fourth-order valence-electron chi connectivity index (χ4n) is 3.57. The van der Waals surface area contributed by atoms with Crippen molar-refractivity contribution in [2.75, 3.05) is 13.1 Å². The summed E-state index contributed by atoms with van der Waals surface area (Å²) >= 11 is 0. The van der Waals surface area contributed by atoms with Gasteiger partial charge in [0.25, 0.3) is 0 Å². The van der Waals surface area contributed by atoms with Gasteiger partial charge in [-0.2, -0.15) is 0 Å². The van der Waals surface area contributed by atoms with Crippen molar-refractivity contribution in [2.45, 2.75) is 31.3 Å². The van der Waals surface area contributed by atoms with Crippen LogP contribution in [0.4, 0.5) is 4.39 Å². The van der Waals surface area contributed by atoms with Crippen LogP contribution in [-0.2, 0) is 5.60 Å². The van der Waals surface area contributed by atoms with Crippen LogP contribution in [0, 0.1) is 17.7 Å². The number of hydrogen-bond acceptors (Lipinski definition) is 2. The molecule has 2 fully saturated rings. The first kappa shape index (κ1) is 12.1. The SMILES string of the molecule is OC1(c2ccc(F)cc2)CC[C@H]2CNCC[C@@H]2C1. The number of fused-ring (bicyclic) bond motifs is 1. The molecule has 98 valence electrons. The molecule has 2 N–H and O–H groups in total. The second-order valence-corrected chi connectivity index (χ2v) is 5.79. The number of aliphatic hydroxyl groups is 1. The lowest BCUT2D eigenvalue weighted by Gasteiger charge is -2.44. The lowest BCUT2D eigenvalue weighted by Crippen LogP contribution is -2.45. The monoisotopic (exact) mass is 249 g/mol. The van der Waals surface area contributed by atoms with Gasteiger partial charge in [0.05, 0.1) is 5.60 Å². The largest absolute Gasteiger partial charge is 0.385 e. The molecule has 0 aromatic heterocycles. The van der Waals surface area contributed by atoms with E-state index in [9.17, 15) is 9.50 Å². The molecule has 3 atom stereocenters. The van der Waals surface area contributed by atoms with Gasteiger partial charge in [-0.25, -0.2) is 4.39 Å². The fraction of sp³-hybridized carbons (Fsp3) is 0.600. The average Bonchev–Trinajstić information content (AvgIpc) is 2.39. The third-order valence-corrected chi connectivity index (χ3v) is 4.68. The molecule has 1 saturated carbocycles. The number of rotatable bonds is 1. The van der Waals surface area contributed by atoms with Gasteiger partial charge in [0.2, 0.25) is 0 Å². The van der Waals surface area contributed by atoms with Crippen LogP contribution in [0.25, 0.3) is 0 Å². The van der Waals surface area contributed by atoms with Crippen LogP contribution in [0.1, 0.15) is 31.2 Å². The summed E-state index contributed by atoms with van der Waals surface area (Å²) in [5.74, 6) is 1.08. The van der Waals surface area contributed by atoms with E-state index in [2.05, 4.69) is 5.32 Å². The maximum absolute atomic E-state index is 13.0. The maximum atomic E-state index is 13.0. The predicted molar refractivity (Wildman–Crippen MR) is 68.6 cm³/mol. The zero-order valence-corrected chi connectivity index (χ0v) is 10.5. The van der Waals surface area contributed by atoms with Crippen molar-refractivity contribution < 1.29 is 9.50 Å². The van der Waals surface area contributed by atoms with Gasteiger partial charge < -0.3 is 10.4 Å². The molecule has 3 heteroatoms. The van der Waals surface area contributed by atoms with Crippen molar-refractivity contribution >= 4 is 0 Å². The van der Waals surface area contributed by atoms with Crippen molar-refractivity contribution in [1.29, 1.82) is 0 Å². The maximum Gasteiger partial charge on any atom is 0.123 e. The van der Waals surface area contributed by atoms with Gasteiger partial charge in [-0.15, -0.1) is 0 Å². The number of piperidine rings is 1. The van der Waals surface area contributed by atoms with Crippen LogP contribution in [-0.4, -0.2) is 18.2 Å². The van der Waals surface area contributed by atoms with Gasteiger partial charge in [0.1, 0.15) is 5.82 Å². The van der Waals surface area contributed by atoms with Gasteiger partial charge in [-0.3, -0.25) is 0 Å². The van der Waals surface area contributed by atoms with Crippen molar-refractivity contribution in [2.24, 2.45) is 11.8 Å². The first-order valence-electron chi connectivity index (χ1n) is 6.86. The van der Waals surface area contributed by atoms with Crippen LogP contribution in [0.5, 0.6) is 0 Å². The highest BCUT2D eigenvalue weighted by atomic mass is 19.1. The highest BCUT2D eigenvalue weighted by Crippen LogP contribution is 2.44. The highest BCUT2D eigenvalue weighted by molar-refractivity contribution is 5.24. The van der Waals surface area contributed by atoms with Crippen molar-refractivity contribution in [3.8, 4) is 0 Å². The summed E-state index contributed by atoms with van der Waals surface area (Å²) in [6.07, 6.45) is 3.83. The van der Waals surface area contributed by atoms with Gasteiger partial charge in [0, 0.05) is 0 Å². The minimum Gasteiger partial charge on any atom is -0.385 e. The molecule has 1 unspecified atom stereocenters. The number of nitrogens with one attached hydrogen (secondary N) is 1. The van der Waals surface area contributed by atoms with E-state index in [0.29, 0.717) is 11.8 Å². The standard InChI is InChI=1S/C15H20FNO/c16-14-3-1-13(2-4-14)15(18)7-5-12-10-17-8-6-11(12)9-15/h1-4,11-12,17-18H,5-10H2/t11-,12+,15?/m1/s1. The Balaban J connectivity index is 1.80. The second-order valence-electron chi connectivity index (χ2n) is 5.79. The molecule has 0 amide bonds. The Labute approximate surface area is 107 Å². The van der Waals surface area contributed by atoms with Crippen LogP contribution in [0.15, 0.2) is 24.3 Å². The molecule has 0 radical (unpaired) electrons. The Morgan fingerprint density at radius 2 is 1.94 bits per heavy atom. The third kappa shape index (κ3) is 2.17. The Kier molecular flexibility index (Phi) is 3.12. The Bertz CT molecular complexity index is 419. The predicted octanol–water partition coefficient (Wildman–Crippen LogP) is 2.42. The molecule has 1 aliphatic carbocycles. The van der Waals surface area contributed by atoms with Gasteiger partial charge in [-0.05, 0) is 68.3 Å². The minimum atomic E-state index is -0.744. The average molecular weight is 249 g/mol. The Morgan fingerprint density at radius 3 is 2.72 bits per heavy atom. The molecule has 1 heterocycles. The Hall–Kier alpha value is -0.930. The molecule has 0 spiro atoms. The molecule has 1 saturated heterocycles. The molecule has 2 aliphatic rings. The normalized spacial score (nSPS) is 36.1. The van der Waals surface area contributed by atoms with Crippen molar-refractivity contribution in [1.82, 2.24) is 5.32 Å². The second kappa shape index (κ2) is 4.63. The van der Waals surface area contributed by atoms with Crippen LogP contribution in [0.2, 0.25) is 0 Å². The van der Waals surface area contributed by atoms with E-state index in [4.69, 9.17) is 0 Å². The molecule has 1 aromatic rings. The van der Waals surface area contributed by atoms with E-state index in [-0.39, 0.29) is 5.82 Å². The lowest BCUT2D eigenvalue weighted by atomic mass is 9.67. The number of halogens is 1. The summed E-state index contributed by atoms with van der Waals surface area (Å²) < 4.78 is 13.0. The van der Waals surface area contributed by atoms with E-state index < -0.39 is 5.60 Å². The zero-order chi connectivity index (χ0) is 12.6. The van der Waals surface area contributed by atoms with E-state index in [1.54, 1.807) is 12.1 Å². The summed E-state index contributed by atoms with van der Waals surface area (Å²) in [5.41, 5.74) is 0.132. The summed E-state index contributed by atoms with van der Waals surface area (Å²) in [6, 6.07) is 6.36. The van der Waals surface area contributed by atoms with Crippen molar-refractivity contribution in [3.05, 3.63) is 35.6 Å². The van der Waals surface area contributed by atoms with E-state index >= 15 is 0 Å². The van der Waals surface area contributed by atoms with Gasteiger partial charge in [0.15, 0.2) is 0 Å². The number of hydrogen-bond donors (Lipinski definition) is 2. The molecule has 3 rings (SSSR count). The number of benzene rings is 1. The fourth-order valence-corrected chi connectivity index (χ4v) is 3.57. The third-order valence-electron chi connectivity index (χ3n) is 4.68. The summed E-state index contributed by atoms with van der Waals surface area (Å²) in [5, 5.41) is 14.3. The minimum absolute atomic E-state index is 0.238. The first-order valence-corrected chi connectivity index (χ1v) is 6.86. The molecular weight excluding hydrogens is 229 g/mol. The van der Waals surface area contributed by atoms with Gasteiger partial charge in [-0.1, -0.05) is 12.1 Å². The van der Waals surface area contributed by atoms with E-state index in [1.807, 2.05) is 0 Å². The van der Waals surface area contributed by atoms with Crippen LogP contribution in [0.3, 0.4) is 0 Å². The topological polar surface area (TPSA) is 32.3 Å². The molecule has 2 nitrogen and oxygen atoms in total. The molecule has 1 aromatic carbocycles. The molecule has 18 heavy (non-hydrogen) atoms. The van der Waals surface area contributed by atoms with Gasteiger partial charge >= 0.3 is 0 Å². The summed E-state index contributed by atoms with van der Waals surface area (Å²) in [6.45, 7) is 2.14. The first-order chi connectivity index (χ1) is 8.67. The Morgan fingerprint density at radius 1 is 1.17 bits per heavy atom. The summed E-state index contributed by atoms with van der Waals surface area (Å²) in [4.78, 5) is 0. The lowest BCUT2D eigenvalue weighted by molar-refractivity contribution is -0.0469. The zero-order valence-electron chi connectivity index (χ0n) is 10.5. The van der Waals surface area contributed by atoms with E-state index in [1.165, 1.54) is 12.1 Å². The van der Waals surface area contributed by atoms with Crippen LogP contribution >= 0.6 is 0 Å². The molecular formula is C15H20FNO. The smallest absolute Gasteiger partial charge is 0.123 e.